The lowest BCUT2D eigenvalue weighted by Gasteiger charge is -2.03. The fourth-order valence-electron chi connectivity index (χ4n) is 4.88. The molecule has 17 heteroatoms. The van der Waals surface area contributed by atoms with Crippen LogP contribution in [0.4, 0.5) is 0 Å². The van der Waals surface area contributed by atoms with Gasteiger partial charge in [0.25, 0.3) is 0 Å². The van der Waals surface area contributed by atoms with E-state index >= 15 is 0 Å². The maximum Gasteiger partial charge on any atom is 0.338 e. The minimum atomic E-state index is -0.584. The third-order valence-electron chi connectivity index (χ3n) is 7.96. The number of methoxy groups -OCH3 is 4. The van der Waals surface area contributed by atoms with Crippen LogP contribution in [0.3, 0.4) is 0 Å². The summed E-state index contributed by atoms with van der Waals surface area (Å²) in [4.78, 5) is 72.2. The number of aromatic hydroxyl groups is 6. The van der Waals surface area contributed by atoms with Gasteiger partial charge in [-0.2, -0.15) is 0 Å². The molecule has 6 N–H and O–H groups in total. The number of ether oxygens (including phenoxy) is 4. The van der Waals surface area contributed by atoms with Crippen molar-refractivity contribution in [2.75, 3.05) is 28.4 Å². The van der Waals surface area contributed by atoms with E-state index in [1.807, 2.05) is 0 Å². The maximum absolute atomic E-state index is 11.0. The molecule has 17 nitrogen and oxygen atoms in total. The van der Waals surface area contributed by atoms with E-state index in [1.54, 1.807) is 78.9 Å². The second kappa shape index (κ2) is 30.9. The molecule has 0 fully saturated rings. The Morgan fingerprint density at radius 2 is 1.06 bits per heavy atom. The molecule has 0 aliphatic heterocycles. The largest absolute Gasteiger partial charge is 0.508 e. The molecule has 0 saturated carbocycles. The number of benzene rings is 6. The number of hydrogen-bond acceptors (Lipinski definition) is 17. The molecule has 346 valence electrons. The molecule has 0 spiro atoms. The number of esters is 1. The first kappa shape index (κ1) is 55.0. The van der Waals surface area contributed by atoms with Gasteiger partial charge in [-0.15, -0.1) is 0 Å². The summed E-state index contributed by atoms with van der Waals surface area (Å²) in [5, 5.41) is 54.2. The molecule has 0 saturated heterocycles. The highest BCUT2D eigenvalue weighted by atomic mass is 16.5. The van der Waals surface area contributed by atoms with Crippen molar-refractivity contribution < 1.29 is 83.1 Å². The standard InChI is InChI=1S/C9H8O4.3C8H8O3.2C8H8O2/c1-13-9(12)7-2-6(5-10)3-8(11)4-7;1-11-8-3-6(5-9)2-7(10)4-8;1-11-8-3-2-6(5-9)4-7(8)10;1-11-8-6(5-9)3-2-4-7(8)10;9-6-5-7-1-3-8(10)4-2-7;9-5-4-7-2-1-3-8(10)6-7/h2-5,11H,1H3;3*2-5,10H,1H3;1-4,6,10H,5H2;1-3,5-6,10H,4H2. The topological polar surface area (TPSA) is 278 Å². The minimum absolute atomic E-state index is 0.0166. The van der Waals surface area contributed by atoms with E-state index in [2.05, 4.69) is 4.74 Å². The van der Waals surface area contributed by atoms with Crippen LogP contribution in [0, 0.1) is 0 Å². The van der Waals surface area contributed by atoms with Gasteiger partial charge >= 0.3 is 5.97 Å². The predicted molar refractivity (Wildman–Crippen MR) is 241 cm³/mol. The Kier molecular flexibility index (Phi) is 25.8. The lowest BCUT2D eigenvalue weighted by atomic mass is 10.1. The van der Waals surface area contributed by atoms with Gasteiger partial charge < -0.3 is 59.2 Å². The molecule has 0 aliphatic rings. The van der Waals surface area contributed by atoms with Crippen LogP contribution in [0.25, 0.3) is 0 Å². The molecular formula is C49H48O17. The maximum atomic E-state index is 11.0. The van der Waals surface area contributed by atoms with Gasteiger partial charge in [0.05, 0.1) is 39.6 Å². The Morgan fingerprint density at radius 3 is 1.56 bits per heavy atom. The van der Waals surface area contributed by atoms with Crippen LogP contribution in [0.2, 0.25) is 0 Å². The second-order valence-electron chi connectivity index (χ2n) is 12.6. The highest BCUT2D eigenvalue weighted by molar-refractivity contribution is 5.92. The van der Waals surface area contributed by atoms with Crippen molar-refractivity contribution in [3.63, 3.8) is 0 Å². The van der Waals surface area contributed by atoms with Crippen molar-refractivity contribution in [3.8, 4) is 51.7 Å². The lowest BCUT2D eigenvalue weighted by Crippen LogP contribution is -2.01. The van der Waals surface area contributed by atoms with Gasteiger partial charge in [-0.1, -0.05) is 30.3 Å². The normalized spacial score (nSPS) is 9.21. The molecule has 66 heavy (non-hydrogen) atoms. The number of phenols is 6. The van der Waals surface area contributed by atoms with Crippen LogP contribution in [0.1, 0.15) is 62.9 Å². The highest BCUT2D eigenvalue weighted by Crippen LogP contribution is 2.28. The van der Waals surface area contributed by atoms with E-state index in [9.17, 15) is 33.6 Å². The summed E-state index contributed by atoms with van der Waals surface area (Å²) < 4.78 is 18.8. The van der Waals surface area contributed by atoms with Crippen LogP contribution in [0.15, 0.2) is 121 Å². The smallest absolute Gasteiger partial charge is 0.338 e. The quantitative estimate of drug-likeness (QED) is 0.0538. The predicted octanol–water partition coefficient (Wildman–Crippen LogP) is 6.90. The van der Waals surface area contributed by atoms with E-state index in [1.165, 1.54) is 70.9 Å². The molecular weight excluding hydrogens is 861 g/mol. The molecule has 0 bridgehead atoms. The molecule has 0 aromatic heterocycles. The van der Waals surface area contributed by atoms with Gasteiger partial charge in [0.15, 0.2) is 29.3 Å². The van der Waals surface area contributed by atoms with Crippen molar-refractivity contribution in [1.29, 1.82) is 0 Å². The Morgan fingerprint density at radius 1 is 0.470 bits per heavy atom. The number of phenolic OH excluding ortho intramolecular Hbond substituents is 6. The van der Waals surface area contributed by atoms with E-state index in [4.69, 9.17) is 44.8 Å². The summed E-state index contributed by atoms with van der Waals surface area (Å²) in [6.45, 7) is 0. The van der Waals surface area contributed by atoms with Crippen molar-refractivity contribution in [2.24, 2.45) is 0 Å². The van der Waals surface area contributed by atoms with Gasteiger partial charge in [0.2, 0.25) is 0 Å². The van der Waals surface area contributed by atoms with Gasteiger partial charge in [0, 0.05) is 35.6 Å². The number of rotatable bonds is 12. The summed E-state index contributed by atoms with van der Waals surface area (Å²) in [5.74, 6) is 0.795. The summed E-state index contributed by atoms with van der Waals surface area (Å²) in [6, 6.07) is 30.6. The Bertz CT molecular complexity index is 2480. The van der Waals surface area contributed by atoms with Crippen LogP contribution in [-0.4, -0.2) is 103 Å². The first-order valence-corrected chi connectivity index (χ1v) is 18.9. The van der Waals surface area contributed by atoms with Crippen molar-refractivity contribution in [3.05, 3.63) is 160 Å². The zero-order valence-corrected chi connectivity index (χ0v) is 36.1. The molecule has 6 aromatic carbocycles. The molecule has 0 atom stereocenters. The molecule has 6 rings (SSSR count). The first-order chi connectivity index (χ1) is 31.6. The average molecular weight is 909 g/mol. The van der Waals surface area contributed by atoms with E-state index in [0.29, 0.717) is 66.2 Å². The lowest BCUT2D eigenvalue weighted by molar-refractivity contribution is -0.108. The zero-order valence-electron chi connectivity index (χ0n) is 36.1. The number of carbonyl (C=O) groups is 7. The SMILES string of the molecule is COC(=O)c1cc(O)cc(C=O)c1.COc1c(O)cccc1C=O.COc1cc(O)cc(C=O)c1.COc1ccc(C=O)cc1O.O=CCc1ccc(O)cc1.O=CCc1cccc(O)c1. The van der Waals surface area contributed by atoms with Crippen LogP contribution >= 0.6 is 0 Å². The molecule has 6 aromatic rings. The Hall–Kier alpha value is -8.99. The average Bonchev–Trinajstić information content (AvgIpc) is 3.32. The number of carbonyl (C=O) groups excluding carboxylic acids is 7. The van der Waals surface area contributed by atoms with Crippen molar-refractivity contribution in [1.82, 2.24) is 0 Å². The van der Waals surface area contributed by atoms with E-state index in [-0.39, 0.29) is 51.4 Å². The molecule has 0 amide bonds. The highest BCUT2D eigenvalue weighted by Gasteiger charge is 2.08. The van der Waals surface area contributed by atoms with Gasteiger partial charge in [-0.05, 0) is 96.1 Å². The van der Waals surface area contributed by atoms with Gasteiger partial charge in [-0.25, -0.2) is 4.79 Å². The summed E-state index contributed by atoms with van der Waals surface area (Å²) in [5.41, 5.74) is 3.35. The van der Waals surface area contributed by atoms with Crippen LogP contribution < -0.4 is 14.2 Å². The van der Waals surface area contributed by atoms with Crippen LogP contribution in [0.5, 0.6) is 51.7 Å². The minimum Gasteiger partial charge on any atom is -0.508 e. The fraction of sp³-hybridized carbons (Fsp3) is 0.122. The number of hydrogen-bond donors (Lipinski definition) is 6. The van der Waals surface area contributed by atoms with E-state index < -0.39 is 5.97 Å². The van der Waals surface area contributed by atoms with Gasteiger partial charge in [0.1, 0.15) is 60.2 Å². The Balaban J connectivity index is 0.000000397. The third kappa shape index (κ3) is 20.7. The molecule has 0 heterocycles. The number of aldehydes is 6. The van der Waals surface area contributed by atoms with Crippen molar-refractivity contribution >= 4 is 43.7 Å². The van der Waals surface area contributed by atoms with E-state index in [0.717, 1.165) is 23.7 Å². The van der Waals surface area contributed by atoms with Gasteiger partial charge in [-0.3, -0.25) is 19.2 Å². The third-order valence-corrected chi connectivity index (χ3v) is 7.96. The molecule has 0 aliphatic carbocycles. The molecule has 0 unspecified atom stereocenters. The van der Waals surface area contributed by atoms with Crippen LogP contribution in [-0.2, 0) is 27.2 Å². The Labute approximate surface area is 379 Å². The molecule has 0 radical (unpaired) electrons. The zero-order chi connectivity index (χ0) is 49.4. The first-order valence-electron chi connectivity index (χ1n) is 18.9. The summed E-state index contributed by atoms with van der Waals surface area (Å²) in [7, 11) is 5.56. The fourth-order valence-corrected chi connectivity index (χ4v) is 4.88. The van der Waals surface area contributed by atoms with Crippen molar-refractivity contribution in [2.45, 2.75) is 12.8 Å². The summed E-state index contributed by atoms with van der Waals surface area (Å²) in [6.07, 6.45) is 4.95. The summed E-state index contributed by atoms with van der Waals surface area (Å²) >= 11 is 0. The monoisotopic (exact) mass is 908 g/mol. The number of para-hydroxylation sites is 1. The second-order valence-corrected chi connectivity index (χ2v) is 12.6.